The maximum absolute atomic E-state index is 11.4. The third kappa shape index (κ3) is 3.11. The average molecular weight is 175 g/mol. The number of hydrogen-bond donors (Lipinski definition) is 1. The van der Waals surface area contributed by atoms with Gasteiger partial charge in [0.25, 0.3) is 5.91 Å². The molecule has 1 N–H and O–H groups in total. The van der Waals surface area contributed by atoms with Crippen molar-refractivity contribution in [1.29, 1.82) is 0 Å². The first-order valence-corrected chi connectivity index (χ1v) is 4.35. The lowest BCUT2D eigenvalue weighted by molar-refractivity contribution is 0.0970. The largest absolute Gasteiger partial charge is 0.329 e. The van der Waals surface area contributed by atoms with Crippen LogP contribution in [-0.4, -0.2) is 5.91 Å². The first-order chi connectivity index (χ1) is 6.34. The lowest BCUT2D eigenvalue weighted by Crippen LogP contribution is -2.16. The van der Waals surface area contributed by atoms with Crippen LogP contribution in [0.25, 0.3) is 0 Å². The van der Waals surface area contributed by atoms with Gasteiger partial charge in [0.1, 0.15) is 0 Å². The van der Waals surface area contributed by atoms with Crippen molar-refractivity contribution in [1.82, 2.24) is 5.32 Å². The van der Waals surface area contributed by atoms with E-state index in [0.29, 0.717) is 5.56 Å². The number of allylic oxidation sites excluding steroid dienone is 1. The highest BCUT2D eigenvalue weighted by atomic mass is 16.1. The van der Waals surface area contributed by atoms with Gasteiger partial charge < -0.3 is 5.32 Å². The van der Waals surface area contributed by atoms with Gasteiger partial charge in [-0.3, -0.25) is 4.79 Å². The molecular formula is C11H13NO. The third-order valence-electron chi connectivity index (χ3n) is 1.60. The molecule has 0 radical (unpaired) electrons. The van der Waals surface area contributed by atoms with Gasteiger partial charge in [-0.1, -0.05) is 31.2 Å². The predicted molar refractivity (Wildman–Crippen MR) is 53.3 cm³/mol. The Kier molecular flexibility index (Phi) is 3.76. The Morgan fingerprint density at radius 3 is 2.69 bits per heavy atom. The van der Waals surface area contributed by atoms with Crippen LogP contribution in [0.1, 0.15) is 23.7 Å². The van der Waals surface area contributed by atoms with Gasteiger partial charge in [0.05, 0.1) is 0 Å². The summed E-state index contributed by atoms with van der Waals surface area (Å²) < 4.78 is 0. The first-order valence-electron chi connectivity index (χ1n) is 4.35. The smallest absolute Gasteiger partial charge is 0.255 e. The summed E-state index contributed by atoms with van der Waals surface area (Å²) >= 11 is 0. The molecule has 0 saturated carbocycles. The number of nitrogens with one attached hydrogen (secondary N) is 1. The summed E-state index contributed by atoms with van der Waals surface area (Å²) in [5.41, 5.74) is 0.684. The molecule has 68 valence electrons. The molecule has 13 heavy (non-hydrogen) atoms. The van der Waals surface area contributed by atoms with E-state index in [-0.39, 0.29) is 5.91 Å². The Bertz CT molecular complexity index is 290. The molecule has 0 aliphatic carbocycles. The van der Waals surface area contributed by atoms with Crippen LogP contribution >= 0.6 is 0 Å². The Balaban J connectivity index is 2.54. The first kappa shape index (κ1) is 9.52. The molecule has 1 amide bonds. The molecule has 0 heterocycles. The molecule has 0 saturated heterocycles. The molecule has 0 aliphatic rings. The third-order valence-corrected chi connectivity index (χ3v) is 1.60. The average Bonchev–Trinajstić information content (AvgIpc) is 2.19. The van der Waals surface area contributed by atoms with Crippen molar-refractivity contribution in [2.24, 2.45) is 0 Å². The minimum atomic E-state index is -0.0645. The van der Waals surface area contributed by atoms with Crippen LogP contribution in [0.3, 0.4) is 0 Å². The van der Waals surface area contributed by atoms with E-state index in [1.807, 2.05) is 31.2 Å². The maximum atomic E-state index is 11.4. The topological polar surface area (TPSA) is 29.1 Å². The summed E-state index contributed by atoms with van der Waals surface area (Å²) in [5, 5.41) is 2.68. The molecule has 2 nitrogen and oxygen atoms in total. The van der Waals surface area contributed by atoms with Crippen LogP contribution in [0, 0.1) is 0 Å². The van der Waals surface area contributed by atoms with Gasteiger partial charge in [-0.15, -0.1) is 0 Å². The standard InChI is InChI=1S/C11H13NO/c1-2-3-9-12-11(13)10-7-5-4-6-8-10/h3-9H,2H2,1H3,(H,12,13)/b9-3+. The molecule has 0 spiro atoms. The quantitative estimate of drug-likeness (QED) is 0.750. The monoisotopic (exact) mass is 175 g/mol. The van der Waals surface area contributed by atoms with Crippen molar-refractivity contribution in [3.8, 4) is 0 Å². The zero-order valence-corrected chi connectivity index (χ0v) is 7.66. The van der Waals surface area contributed by atoms with E-state index in [0.717, 1.165) is 6.42 Å². The Hall–Kier alpha value is -1.57. The molecule has 0 fully saturated rings. The molecular weight excluding hydrogens is 162 g/mol. The predicted octanol–water partition coefficient (Wildman–Crippen LogP) is 2.34. The molecule has 1 rings (SSSR count). The Morgan fingerprint density at radius 1 is 1.38 bits per heavy atom. The second kappa shape index (κ2) is 5.14. The van der Waals surface area contributed by atoms with Gasteiger partial charge >= 0.3 is 0 Å². The van der Waals surface area contributed by atoms with E-state index in [1.54, 1.807) is 18.3 Å². The number of rotatable bonds is 3. The summed E-state index contributed by atoms with van der Waals surface area (Å²) in [6.07, 6.45) is 4.51. The fourth-order valence-electron chi connectivity index (χ4n) is 0.925. The molecule has 0 unspecified atom stereocenters. The highest BCUT2D eigenvalue weighted by Gasteiger charge is 1.99. The van der Waals surface area contributed by atoms with Crippen LogP contribution in [-0.2, 0) is 0 Å². The Morgan fingerprint density at radius 2 is 2.08 bits per heavy atom. The van der Waals surface area contributed by atoms with E-state index >= 15 is 0 Å². The van der Waals surface area contributed by atoms with Crippen molar-refractivity contribution in [2.45, 2.75) is 13.3 Å². The number of hydrogen-bond acceptors (Lipinski definition) is 1. The number of benzene rings is 1. The van der Waals surface area contributed by atoms with E-state index < -0.39 is 0 Å². The zero-order chi connectivity index (χ0) is 9.52. The van der Waals surface area contributed by atoms with Crippen molar-refractivity contribution in [3.05, 3.63) is 48.2 Å². The fourth-order valence-corrected chi connectivity index (χ4v) is 0.925. The lowest BCUT2D eigenvalue weighted by atomic mass is 10.2. The Labute approximate surface area is 78.3 Å². The van der Waals surface area contributed by atoms with Crippen molar-refractivity contribution >= 4 is 5.91 Å². The summed E-state index contributed by atoms with van der Waals surface area (Å²) in [6.45, 7) is 2.02. The SMILES string of the molecule is CC/C=C/NC(=O)c1ccccc1. The molecule has 2 heteroatoms. The van der Waals surface area contributed by atoms with Gasteiger partial charge in [0, 0.05) is 11.8 Å². The summed E-state index contributed by atoms with van der Waals surface area (Å²) in [5.74, 6) is -0.0645. The van der Waals surface area contributed by atoms with Gasteiger partial charge in [0.2, 0.25) is 0 Å². The molecule has 1 aromatic rings. The second-order valence-corrected chi connectivity index (χ2v) is 2.65. The van der Waals surface area contributed by atoms with Gasteiger partial charge in [0.15, 0.2) is 0 Å². The van der Waals surface area contributed by atoms with E-state index in [1.165, 1.54) is 0 Å². The number of carbonyl (C=O) groups excluding carboxylic acids is 1. The molecule has 1 aromatic carbocycles. The van der Waals surface area contributed by atoms with E-state index in [2.05, 4.69) is 5.32 Å². The van der Waals surface area contributed by atoms with Crippen LogP contribution in [0.5, 0.6) is 0 Å². The second-order valence-electron chi connectivity index (χ2n) is 2.65. The number of amides is 1. The molecule has 0 aromatic heterocycles. The van der Waals surface area contributed by atoms with E-state index in [9.17, 15) is 4.79 Å². The maximum Gasteiger partial charge on any atom is 0.255 e. The fraction of sp³-hybridized carbons (Fsp3) is 0.182. The van der Waals surface area contributed by atoms with Crippen LogP contribution < -0.4 is 5.32 Å². The van der Waals surface area contributed by atoms with Crippen LogP contribution in [0.15, 0.2) is 42.6 Å². The highest BCUT2D eigenvalue weighted by molar-refractivity contribution is 5.94. The summed E-state index contributed by atoms with van der Waals surface area (Å²) in [4.78, 5) is 11.4. The minimum absolute atomic E-state index is 0.0645. The van der Waals surface area contributed by atoms with E-state index in [4.69, 9.17) is 0 Å². The number of carbonyl (C=O) groups is 1. The minimum Gasteiger partial charge on any atom is -0.329 e. The summed E-state index contributed by atoms with van der Waals surface area (Å²) in [6, 6.07) is 9.15. The van der Waals surface area contributed by atoms with Crippen molar-refractivity contribution < 1.29 is 4.79 Å². The normalized spacial score (nSPS) is 10.2. The van der Waals surface area contributed by atoms with Gasteiger partial charge in [-0.25, -0.2) is 0 Å². The molecule has 0 aliphatic heterocycles. The lowest BCUT2D eigenvalue weighted by Gasteiger charge is -1.98. The zero-order valence-electron chi connectivity index (χ0n) is 7.66. The van der Waals surface area contributed by atoms with Crippen LogP contribution in [0.2, 0.25) is 0 Å². The molecule has 0 atom stereocenters. The highest BCUT2D eigenvalue weighted by Crippen LogP contribution is 1.97. The van der Waals surface area contributed by atoms with Gasteiger partial charge in [-0.2, -0.15) is 0 Å². The van der Waals surface area contributed by atoms with Gasteiger partial charge in [-0.05, 0) is 18.6 Å². The molecule has 0 bridgehead atoms. The van der Waals surface area contributed by atoms with Crippen molar-refractivity contribution in [2.75, 3.05) is 0 Å². The van der Waals surface area contributed by atoms with Crippen LogP contribution in [0.4, 0.5) is 0 Å². The summed E-state index contributed by atoms with van der Waals surface area (Å²) in [7, 11) is 0. The van der Waals surface area contributed by atoms with Crippen molar-refractivity contribution in [3.63, 3.8) is 0 Å².